The van der Waals surface area contributed by atoms with Crippen molar-refractivity contribution in [3.05, 3.63) is 40.7 Å². The lowest BCUT2D eigenvalue weighted by molar-refractivity contribution is -0.130. The topological polar surface area (TPSA) is 63.9 Å². The van der Waals surface area contributed by atoms with Crippen LogP contribution in [0.5, 0.6) is 0 Å². The number of likely N-dealkylation sites (tertiary alicyclic amines) is 1. The molecule has 3 rings (SSSR count). The van der Waals surface area contributed by atoms with Crippen LogP contribution in [0, 0.1) is 27.7 Å². The lowest BCUT2D eigenvalue weighted by atomic mass is 10.1. The van der Waals surface area contributed by atoms with Gasteiger partial charge in [-0.1, -0.05) is 0 Å². The van der Waals surface area contributed by atoms with Crippen LogP contribution in [0.2, 0.25) is 0 Å². The zero-order valence-electron chi connectivity index (χ0n) is 15.6. The highest BCUT2D eigenvalue weighted by atomic mass is 16.2. The van der Waals surface area contributed by atoms with Gasteiger partial charge in [-0.2, -0.15) is 5.10 Å². The highest BCUT2D eigenvalue weighted by Gasteiger charge is 2.29. The van der Waals surface area contributed by atoms with Crippen LogP contribution < -0.4 is 0 Å². The molecule has 2 aromatic heterocycles. The number of carbonyl (C=O) groups excluding carboxylic acids is 1. The number of amides is 1. The average molecular weight is 341 g/mol. The molecule has 0 spiro atoms. The van der Waals surface area contributed by atoms with Crippen LogP contribution in [0.25, 0.3) is 0 Å². The van der Waals surface area contributed by atoms with E-state index in [1.54, 1.807) is 0 Å². The largest absolute Gasteiger partial charge is 0.342 e. The van der Waals surface area contributed by atoms with Gasteiger partial charge >= 0.3 is 0 Å². The third-order valence-corrected chi connectivity index (χ3v) is 4.77. The van der Waals surface area contributed by atoms with Crippen molar-refractivity contribution in [2.24, 2.45) is 0 Å². The van der Waals surface area contributed by atoms with Gasteiger partial charge in [0.25, 0.3) is 0 Å². The molecule has 3 heterocycles. The zero-order chi connectivity index (χ0) is 18.0. The summed E-state index contributed by atoms with van der Waals surface area (Å²) in [4.78, 5) is 23.6. The van der Waals surface area contributed by atoms with Crippen molar-refractivity contribution in [1.82, 2.24) is 24.6 Å². The first-order valence-corrected chi connectivity index (χ1v) is 9.03. The van der Waals surface area contributed by atoms with Crippen molar-refractivity contribution < 1.29 is 4.79 Å². The maximum absolute atomic E-state index is 12.5. The van der Waals surface area contributed by atoms with Crippen molar-refractivity contribution in [3.63, 3.8) is 0 Å². The summed E-state index contributed by atoms with van der Waals surface area (Å²) in [7, 11) is 0. The van der Waals surface area contributed by atoms with E-state index in [1.807, 2.05) is 36.4 Å². The average Bonchev–Trinajstić information content (AvgIpc) is 3.13. The smallest absolute Gasteiger partial charge is 0.222 e. The van der Waals surface area contributed by atoms with E-state index >= 15 is 0 Å². The molecule has 6 heteroatoms. The number of rotatable bonds is 5. The monoisotopic (exact) mass is 341 g/mol. The summed E-state index contributed by atoms with van der Waals surface area (Å²) < 4.78 is 1.98. The molecule has 0 N–H and O–H groups in total. The molecule has 0 saturated carbocycles. The van der Waals surface area contributed by atoms with Gasteiger partial charge < -0.3 is 4.90 Å². The third-order valence-electron chi connectivity index (χ3n) is 4.77. The Morgan fingerprint density at radius 1 is 1.12 bits per heavy atom. The van der Waals surface area contributed by atoms with Gasteiger partial charge in [-0.3, -0.25) is 9.48 Å². The second-order valence-electron chi connectivity index (χ2n) is 7.09. The first-order valence-electron chi connectivity index (χ1n) is 9.03. The van der Waals surface area contributed by atoms with Crippen molar-refractivity contribution >= 4 is 5.91 Å². The maximum atomic E-state index is 12.5. The minimum Gasteiger partial charge on any atom is -0.342 e. The van der Waals surface area contributed by atoms with Crippen LogP contribution in [-0.4, -0.2) is 43.6 Å². The molecule has 1 saturated heterocycles. The first-order chi connectivity index (χ1) is 11.9. The van der Waals surface area contributed by atoms with Crippen LogP contribution >= 0.6 is 0 Å². The van der Waals surface area contributed by atoms with E-state index in [0.717, 1.165) is 61.1 Å². The van der Waals surface area contributed by atoms with Gasteiger partial charge in [0.05, 0.1) is 5.69 Å². The molecule has 1 aliphatic rings. The third kappa shape index (κ3) is 4.24. The van der Waals surface area contributed by atoms with E-state index in [4.69, 9.17) is 0 Å². The Balaban J connectivity index is 1.51. The summed E-state index contributed by atoms with van der Waals surface area (Å²) in [5.41, 5.74) is 4.17. The lowest BCUT2D eigenvalue weighted by Gasteiger charge is -2.16. The molecule has 1 amide bonds. The summed E-state index contributed by atoms with van der Waals surface area (Å²) in [5.74, 6) is 1.38. The molecule has 0 radical (unpaired) electrons. The summed E-state index contributed by atoms with van der Waals surface area (Å²) in [6.45, 7) is 10.4. The summed E-state index contributed by atoms with van der Waals surface area (Å²) in [6, 6.07) is 4.05. The Bertz CT molecular complexity index is 747. The molecule has 134 valence electrons. The highest BCUT2D eigenvalue weighted by molar-refractivity contribution is 5.76. The number of aromatic nitrogens is 4. The van der Waals surface area contributed by atoms with Gasteiger partial charge in [0.15, 0.2) is 0 Å². The Labute approximate surface area is 149 Å². The fourth-order valence-electron chi connectivity index (χ4n) is 3.57. The molecule has 1 unspecified atom stereocenters. The molecular weight excluding hydrogens is 314 g/mol. The van der Waals surface area contributed by atoms with Gasteiger partial charge in [-0.05, 0) is 52.7 Å². The molecule has 0 aromatic carbocycles. The van der Waals surface area contributed by atoms with E-state index in [9.17, 15) is 4.79 Å². The Hall–Kier alpha value is -2.24. The second-order valence-corrected chi connectivity index (χ2v) is 7.09. The zero-order valence-corrected chi connectivity index (χ0v) is 15.6. The van der Waals surface area contributed by atoms with Crippen molar-refractivity contribution in [3.8, 4) is 0 Å². The summed E-state index contributed by atoms with van der Waals surface area (Å²) in [5, 5.41) is 4.45. The van der Waals surface area contributed by atoms with Crippen LogP contribution in [0.15, 0.2) is 12.1 Å². The second kappa shape index (κ2) is 7.33. The van der Waals surface area contributed by atoms with E-state index in [2.05, 4.69) is 28.1 Å². The Morgan fingerprint density at radius 3 is 2.48 bits per heavy atom. The standard InChI is InChI=1S/C19H27N5O/c1-13-10-14(2)21-19(20-13)17-7-9-23(12-17)18(25)6-5-8-24-16(4)11-15(3)22-24/h10-11,17H,5-9,12H2,1-4H3. The fraction of sp³-hybridized carbons (Fsp3) is 0.579. The van der Waals surface area contributed by atoms with Crippen molar-refractivity contribution in [1.29, 1.82) is 0 Å². The SMILES string of the molecule is Cc1cc(C)nc(C2CCN(C(=O)CCCn3nc(C)cc3C)C2)n1. The van der Waals surface area contributed by atoms with Gasteiger partial charge in [-0.25, -0.2) is 9.97 Å². The van der Waals surface area contributed by atoms with Crippen LogP contribution in [0.4, 0.5) is 0 Å². The minimum atomic E-state index is 0.230. The molecule has 6 nitrogen and oxygen atoms in total. The van der Waals surface area contributed by atoms with E-state index < -0.39 is 0 Å². The Kier molecular flexibility index (Phi) is 5.16. The fourth-order valence-corrected chi connectivity index (χ4v) is 3.57. The van der Waals surface area contributed by atoms with E-state index in [1.165, 1.54) is 0 Å². The van der Waals surface area contributed by atoms with Gasteiger partial charge in [0.1, 0.15) is 5.82 Å². The quantitative estimate of drug-likeness (QED) is 0.839. The van der Waals surface area contributed by atoms with Gasteiger partial charge in [0.2, 0.25) is 5.91 Å². The number of nitrogens with zero attached hydrogens (tertiary/aromatic N) is 5. The van der Waals surface area contributed by atoms with E-state index in [-0.39, 0.29) is 11.8 Å². The Morgan fingerprint density at radius 2 is 1.84 bits per heavy atom. The first kappa shape index (κ1) is 17.6. The maximum Gasteiger partial charge on any atom is 0.222 e. The predicted octanol–water partition coefficient (Wildman–Crippen LogP) is 2.70. The molecule has 1 aliphatic heterocycles. The summed E-state index contributed by atoms with van der Waals surface area (Å²) >= 11 is 0. The minimum absolute atomic E-state index is 0.230. The number of hydrogen-bond donors (Lipinski definition) is 0. The number of aryl methyl sites for hydroxylation is 5. The van der Waals surface area contributed by atoms with Crippen molar-refractivity contribution in [2.75, 3.05) is 13.1 Å². The lowest BCUT2D eigenvalue weighted by Crippen LogP contribution is -2.28. The molecular formula is C19H27N5O. The van der Waals surface area contributed by atoms with Crippen LogP contribution in [-0.2, 0) is 11.3 Å². The molecule has 0 bridgehead atoms. The van der Waals surface area contributed by atoms with E-state index in [0.29, 0.717) is 6.42 Å². The predicted molar refractivity (Wildman–Crippen MR) is 96.4 cm³/mol. The molecule has 1 fully saturated rings. The normalized spacial score (nSPS) is 17.3. The number of hydrogen-bond acceptors (Lipinski definition) is 4. The van der Waals surface area contributed by atoms with Crippen molar-refractivity contribution in [2.45, 2.75) is 59.4 Å². The highest BCUT2D eigenvalue weighted by Crippen LogP contribution is 2.25. The molecule has 0 aliphatic carbocycles. The molecule has 2 aromatic rings. The van der Waals surface area contributed by atoms with Gasteiger partial charge in [-0.15, -0.1) is 0 Å². The van der Waals surface area contributed by atoms with Crippen LogP contribution in [0.3, 0.4) is 0 Å². The molecule has 25 heavy (non-hydrogen) atoms. The number of carbonyl (C=O) groups is 1. The van der Waals surface area contributed by atoms with Gasteiger partial charge in [0, 0.05) is 49.1 Å². The molecule has 1 atom stereocenters. The summed E-state index contributed by atoms with van der Waals surface area (Å²) in [6.07, 6.45) is 2.34. The van der Waals surface area contributed by atoms with Crippen LogP contribution in [0.1, 0.15) is 53.8 Å².